The molecule has 1 fully saturated rings. The zero-order valence-electron chi connectivity index (χ0n) is 18.7. The molecule has 0 saturated carbocycles. The lowest BCUT2D eigenvalue weighted by Gasteiger charge is -2.17. The van der Waals surface area contributed by atoms with Gasteiger partial charge in [0.05, 0.1) is 26.2 Å². The second-order valence-corrected chi connectivity index (χ2v) is 7.98. The molecule has 1 aliphatic rings. The van der Waals surface area contributed by atoms with Crippen LogP contribution in [0.3, 0.4) is 0 Å². The molecule has 0 N–H and O–H groups in total. The predicted octanol–water partition coefficient (Wildman–Crippen LogP) is 4.06. The lowest BCUT2D eigenvalue weighted by molar-refractivity contribution is -0.128. The van der Waals surface area contributed by atoms with Gasteiger partial charge in [-0.1, -0.05) is 23.4 Å². The number of methoxy groups -OCH3 is 2. The zero-order chi connectivity index (χ0) is 22.7. The van der Waals surface area contributed by atoms with Crippen LogP contribution in [-0.2, 0) is 11.3 Å². The Hall–Kier alpha value is -3.55. The van der Waals surface area contributed by atoms with Crippen LogP contribution in [0.25, 0.3) is 11.4 Å². The van der Waals surface area contributed by atoms with Gasteiger partial charge in [-0.25, -0.2) is 0 Å². The number of carbonyl (C=O) groups excluding carboxylic acids is 1. The average Bonchev–Trinajstić information content (AvgIpc) is 3.41. The van der Waals surface area contributed by atoms with Gasteiger partial charge in [0.25, 0.3) is 0 Å². The van der Waals surface area contributed by atoms with Gasteiger partial charge in [-0.2, -0.15) is 4.98 Å². The summed E-state index contributed by atoms with van der Waals surface area (Å²) in [6.07, 6.45) is 0.367. The molecular weight excluding hydrogens is 410 g/mol. The minimum Gasteiger partial charge on any atom is -0.496 e. The maximum atomic E-state index is 12.6. The number of hydrogen-bond acceptors (Lipinski definition) is 7. The Morgan fingerprint density at radius 1 is 1.09 bits per heavy atom. The second kappa shape index (κ2) is 9.30. The van der Waals surface area contributed by atoms with Crippen molar-refractivity contribution in [2.75, 3.05) is 20.8 Å². The van der Waals surface area contributed by atoms with Crippen LogP contribution in [0.1, 0.15) is 37.6 Å². The third-order valence-corrected chi connectivity index (χ3v) is 5.34. The maximum absolute atomic E-state index is 12.6. The Morgan fingerprint density at radius 2 is 1.88 bits per heavy atom. The van der Waals surface area contributed by atoms with Crippen LogP contribution < -0.4 is 14.2 Å². The molecule has 1 aliphatic heterocycles. The van der Waals surface area contributed by atoms with Gasteiger partial charge < -0.3 is 23.6 Å². The molecule has 2 aromatic carbocycles. The Bertz CT molecular complexity index is 1090. The van der Waals surface area contributed by atoms with E-state index >= 15 is 0 Å². The third-order valence-electron chi connectivity index (χ3n) is 5.34. The number of ether oxygens (including phenoxy) is 3. The maximum Gasteiger partial charge on any atom is 0.232 e. The van der Waals surface area contributed by atoms with Gasteiger partial charge in [0.2, 0.25) is 17.6 Å². The number of benzene rings is 2. The summed E-state index contributed by atoms with van der Waals surface area (Å²) >= 11 is 0. The molecule has 1 unspecified atom stereocenters. The summed E-state index contributed by atoms with van der Waals surface area (Å²) in [6, 6.07) is 13.2. The number of amides is 1. The van der Waals surface area contributed by atoms with Gasteiger partial charge in [0.15, 0.2) is 11.5 Å². The number of nitrogens with zero attached hydrogens (tertiary/aromatic N) is 3. The molecule has 2 heterocycles. The molecule has 0 aliphatic carbocycles. The van der Waals surface area contributed by atoms with Crippen molar-refractivity contribution in [3.8, 4) is 28.6 Å². The van der Waals surface area contributed by atoms with E-state index in [4.69, 9.17) is 18.7 Å². The first kappa shape index (κ1) is 21.7. The molecule has 32 heavy (non-hydrogen) atoms. The molecule has 1 saturated heterocycles. The molecule has 3 aromatic rings. The molecule has 0 radical (unpaired) electrons. The Kier molecular flexibility index (Phi) is 6.30. The fraction of sp³-hybridized carbons (Fsp3) is 0.375. The monoisotopic (exact) mass is 437 g/mol. The second-order valence-electron chi connectivity index (χ2n) is 7.98. The summed E-state index contributed by atoms with van der Waals surface area (Å²) in [6.45, 7) is 4.91. The first-order valence-corrected chi connectivity index (χ1v) is 10.6. The highest BCUT2D eigenvalue weighted by Gasteiger charge is 2.34. The normalized spacial score (nSPS) is 16.0. The molecule has 1 aromatic heterocycles. The molecular formula is C24H27N3O5. The molecule has 8 nitrogen and oxygen atoms in total. The number of para-hydroxylation sites is 1. The van der Waals surface area contributed by atoms with E-state index in [0.717, 1.165) is 16.9 Å². The van der Waals surface area contributed by atoms with E-state index in [-0.39, 0.29) is 17.9 Å². The highest BCUT2D eigenvalue weighted by Crippen LogP contribution is 2.34. The first-order chi connectivity index (χ1) is 15.5. The van der Waals surface area contributed by atoms with E-state index in [1.807, 2.05) is 56.3 Å². The Labute approximate surface area is 187 Å². The fourth-order valence-corrected chi connectivity index (χ4v) is 3.81. The molecule has 8 heteroatoms. The fourth-order valence-electron chi connectivity index (χ4n) is 3.81. The van der Waals surface area contributed by atoms with Crippen molar-refractivity contribution in [3.63, 3.8) is 0 Å². The predicted molar refractivity (Wildman–Crippen MR) is 118 cm³/mol. The van der Waals surface area contributed by atoms with Crippen molar-refractivity contribution in [3.05, 3.63) is 53.9 Å². The molecule has 0 spiro atoms. The van der Waals surface area contributed by atoms with Crippen LogP contribution in [0.15, 0.2) is 47.0 Å². The van der Waals surface area contributed by atoms with Crippen molar-refractivity contribution in [2.24, 2.45) is 0 Å². The SMILES string of the molecule is COc1ccccc1CN1CC(c2nc(-c3ccc(OC(C)C)c(OC)c3)no2)CC1=O. The zero-order valence-corrected chi connectivity index (χ0v) is 18.7. The Balaban J connectivity index is 1.49. The van der Waals surface area contributed by atoms with Crippen LogP contribution in [0.4, 0.5) is 0 Å². The largest absolute Gasteiger partial charge is 0.496 e. The van der Waals surface area contributed by atoms with Crippen molar-refractivity contribution < 1.29 is 23.5 Å². The number of hydrogen-bond donors (Lipinski definition) is 0. The van der Waals surface area contributed by atoms with Gasteiger partial charge in [-0.3, -0.25) is 4.79 Å². The van der Waals surface area contributed by atoms with Crippen LogP contribution >= 0.6 is 0 Å². The number of carbonyl (C=O) groups is 1. The van der Waals surface area contributed by atoms with E-state index in [9.17, 15) is 4.79 Å². The van der Waals surface area contributed by atoms with E-state index in [2.05, 4.69) is 10.1 Å². The van der Waals surface area contributed by atoms with Crippen molar-refractivity contribution in [2.45, 2.75) is 38.8 Å². The number of likely N-dealkylation sites (tertiary alicyclic amines) is 1. The summed E-state index contributed by atoms with van der Waals surface area (Å²) in [5.74, 6) is 2.83. The highest BCUT2D eigenvalue weighted by molar-refractivity contribution is 5.79. The molecule has 4 rings (SSSR count). The van der Waals surface area contributed by atoms with Gasteiger partial charge in [0, 0.05) is 30.6 Å². The summed E-state index contributed by atoms with van der Waals surface area (Å²) in [7, 11) is 3.22. The van der Waals surface area contributed by atoms with Gasteiger partial charge in [0.1, 0.15) is 5.75 Å². The van der Waals surface area contributed by atoms with E-state index < -0.39 is 0 Å². The number of rotatable bonds is 8. The Morgan fingerprint density at radius 3 is 2.62 bits per heavy atom. The van der Waals surface area contributed by atoms with Gasteiger partial charge >= 0.3 is 0 Å². The summed E-state index contributed by atoms with van der Waals surface area (Å²) in [5, 5.41) is 4.13. The molecule has 1 amide bonds. The quantitative estimate of drug-likeness (QED) is 0.525. The lowest BCUT2D eigenvalue weighted by Crippen LogP contribution is -2.24. The highest BCUT2D eigenvalue weighted by atomic mass is 16.5. The van der Waals surface area contributed by atoms with Gasteiger partial charge in [-0.15, -0.1) is 0 Å². The molecule has 168 valence electrons. The topological polar surface area (TPSA) is 86.9 Å². The van der Waals surface area contributed by atoms with Crippen LogP contribution in [-0.4, -0.2) is 47.8 Å². The van der Waals surface area contributed by atoms with E-state index in [1.54, 1.807) is 19.1 Å². The summed E-state index contributed by atoms with van der Waals surface area (Å²) < 4.78 is 22.1. The minimum absolute atomic E-state index is 0.0326. The number of aromatic nitrogens is 2. The van der Waals surface area contributed by atoms with Crippen LogP contribution in [0, 0.1) is 0 Å². The van der Waals surface area contributed by atoms with Crippen LogP contribution in [0.5, 0.6) is 17.2 Å². The van der Waals surface area contributed by atoms with E-state index in [1.165, 1.54) is 0 Å². The summed E-state index contributed by atoms with van der Waals surface area (Å²) in [5.41, 5.74) is 1.72. The van der Waals surface area contributed by atoms with Gasteiger partial charge in [-0.05, 0) is 38.1 Å². The molecule has 0 bridgehead atoms. The smallest absolute Gasteiger partial charge is 0.232 e. The first-order valence-electron chi connectivity index (χ1n) is 10.6. The third kappa shape index (κ3) is 4.54. The summed E-state index contributed by atoms with van der Waals surface area (Å²) in [4.78, 5) is 19.0. The lowest BCUT2D eigenvalue weighted by atomic mass is 10.1. The molecule has 1 atom stereocenters. The van der Waals surface area contributed by atoms with Crippen molar-refractivity contribution >= 4 is 5.91 Å². The average molecular weight is 437 g/mol. The minimum atomic E-state index is -0.149. The van der Waals surface area contributed by atoms with Crippen molar-refractivity contribution in [1.82, 2.24) is 15.0 Å². The van der Waals surface area contributed by atoms with E-state index in [0.29, 0.717) is 42.7 Å². The van der Waals surface area contributed by atoms with Crippen LogP contribution in [0.2, 0.25) is 0 Å². The standard InChI is InChI=1S/C24H27N3O5/c1-15(2)31-20-10-9-16(11-21(20)30-4)23-25-24(32-26-23)18-12-22(28)27(14-18)13-17-7-5-6-8-19(17)29-3/h5-11,15,18H,12-14H2,1-4H3. The van der Waals surface area contributed by atoms with Crippen molar-refractivity contribution in [1.29, 1.82) is 0 Å².